The molecule has 0 fully saturated rings. The number of benzene rings is 2. The Hall–Kier alpha value is -1.52. The van der Waals surface area contributed by atoms with Crippen molar-refractivity contribution in [2.24, 2.45) is 0 Å². The maximum Gasteiger partial charge on any atom is 0.258 e. The van der Waals surface area contributed by atoms with Crippen LogP contribution in [0.4, 0.5) is 0 Å². The van der Waals surface area contributed by atoms with Crippen LogP contribution in [0.5, 0.6) is 5.75 Å². The molecule has 0 spiro atoms. The topological polar surface area (TPSA) is 38.3 Å². The summed E-state index contributed by atoms with van der Waals surface area (Å²) >= 11 is 9.21. The standard InChI is InChI=1S/C15H13BrClNO2/c16-12-4-6-14(7-5-12)20-10-15(19)18-9-11-2-1-3-13(17)8-11/h1-8H,9-10H2,(H,18,19). The average Bonchev–Trinajstić information content (AvgIpc) is 2.45. The Kier molecular flexibility index (Phi) is 5.44. The van der Waals surface area contributed by atoms with E-state index in [0.29, 0.717) is 17.3 Å². The van der Waals surface area contributed by atoms with Gasteiger partial charge in [-0.15, -0.1) is 0 Å². The van der Waals surface area contributed by atoms with Crippen LogP contribution < -0.4 is 10.1 Å². The summed E-state index contributed by atoms with van der Waals surface area (Å²) in [6.45, 7) is 0.422. The first-order valence-corrected chi connectivity index (χ1v) is 7.20. The lowest BCUT2D eigenvalue weighted by molar-refractivity contribution is -0.123. The molecule has 3 nitrogen and oxygen atoms in total. The minimum atomic E-state index is -0.173. The second-order valence-corrected chi connectivity index (χ2v) is 5.50. The highest BCUT2D eigenvalue weighted by Crippen LogP contribution is 2.15. The minimum absolute atomic E-state index is 0.0117. The molecule has 0 atom stereocenters. The Balaban J connectivity index is 1.77. The van der Waals surface area contributed by atoms with Crippen molar-refractivity contribution in [2.75, 3.05) is 6.61 Å². The molecule has 0 unspecified atom stereocenters. The zero-order chi connectivity index (χ0) is 14.4. The molecule has 0 aliphatic heterocycles. The zero-order valence-corrected chi connectivity index (χ0v) is 12.9. The highest BCUT2D eigenvalue weighted by atomic mass is 79.9. The van der Waals surface area contributed by atoms with Gasteiger partial charge in [-0.3, -0.25) is 4.79 Å². The molecule has 2 rings (SSSR count). The van der Waals surface area contributed by atoms with Crippen molar-refractivity contribution in [2.45, 2.75) is 6.54 Å². The lowest BCUT2D eigenvalue weighted by Crippen LogP contribution is -2.28. The first-order valence-electron chi connectivity index (χ1n) is 6.03. The number of ether oxygens (including phenoxy) is 1. The van der Waals surface area contributed by atoms with Gasteiger partial charge in [0.2, 0.25) is 0 Å². The van der Waals surface area contributed by atoms with Crippen molar-refractivity contribution >= 4 is 33.4 Å². The largest absolute Gasteiger partial charge is 0.484 e. The Morgan fingerprint density at radius 1 is 1.20 bits per heavy atom. The van der Waals surface area contributed by atoms with Crippen LogP contribution in [-0.4, -0.2) is 12.5 Å². The van der Waals surface area contributed by atoms with Gasteiger partial charge in [0.1, 0.15) is 5.75 Å². The predicted octanol–water partition coefficient (Wildman–Crippen LogP) is 3.80. The predicted molar refractivity (Wildman–Crippen MR) is 82.9 cm³/mol. The van der Waals surface area contributed by atoms with Crippen molar-refractivity contribution in [3.8, 4) is 5.75 Å². The van der Waals surface area contributed by atoms with Crippen LogP contribution in [-0.2, 0) is 11.3 Å². The van der Waals surface area contributed by atoms with Crippen LogP contribution in [0.3, 0.4) is 0 Å². The van der Waals surface area contributed by atoms with Gasteiger partial charge in [0.05, 0.1) is 0 Å². The second-order valence-electron chi connectivity index (χ2n) is 4.15. The molecule has 1 amide bonds. The first kappa shape index (κ1) is 14.9. The highest BCUT2D eigenvalue weighted by molar-refractivity contribution is 9.10. The fourth-order valence-corrected chi connectivity index (χ4v) is 2.06. The molecule has 2 aromatic rings. The third-order valence-electron chi connectivity index (χ3n) is 2.56. The molecule has 2 aromatic carbocycles. The molecule has 0 heterocycles. The number of rotatable bonds is 5. The number of nitrogens with one attached hydrogen (secondary N) is 1. The number of hydrogen-bond donors (Lipinski definition) is 1. The van der Waals surface area contributed by atoms with Gasteiger partial charge in [0.15, 0.2) is 6.61 Å². The summed E-state index contributed by atoms with van der Waals surface area (Å²) in [5.41, 5.74) is 0.953. The third kappa shape index (κ3) is 4.87. The third-order valence-corrected chi connectivity index (χ3v) is 3.33. The number of carbonyl (C=O) groups is 1. The molecule has 5 heteroatoms. The molecule has 0 bridgehead atoms. The van der Waals surface area contributed by atoms with E-state index in [1.54, 1.807) is 18.2 Å². The van der Waals surface area contributed by atoms with Crippen LogP contribution in [0.1, 0.15) is 5.56 Å². The Morgan fingerprint density at radius 2 is 1.95 bits per heavy atom. The Bertz CT molecular complexity index is 587. The van der Waals surface area contributed by atoms with Gasteiger partial charge in [-0.05, 0) is 42.0 Å². The molecule has 104 valence electrons. The zero-order valence-electron chi connectivity index (χ0n) is 10.6. The van der Waals surface area contributed by atoms with E-state index in [2.05, 4.69) is 21.2 Å². The van der Waals surface area contributed by atoms with Crippen molar-refractivity contribution in [1.29, 1.82) is 0 Å². The van der Waals surface area contributed by atoms with E-state index in [1.165, 1.54) is 0 Å². The lowest BCUT2D eigenvalue weighted by Gasteiger charge is -2.08. The summed E-state index contributed by atoms with van der Waals surface area (Å²) in [5.74, 6) is 0.485. The molecule has 0 radical (unpaired) electrons. The Labute approximate surface area is 131 Å². The molecular formula is C15H13BrClNO2. The van der Waals surface area contributed by atoms with Gasteiger partial charge in [0.25, 0.3) is 5.91 Å². The molecular weight excluding hydrogens is 342 g/mol. The van der Waals surface area contributed by atoms with Crippen LogP contribution in [0.25, 0.3) is 0 Å². The van der Waals surface area contributed by atoms with E-state index < -0.39 is 0 Å². The normalized spacial score (nSPS) is 10.1. The second kappa shape index (κ2) is 7.31. The van der Waals surface area contributed by atoms with Crippen molar-refractivity contribution in [3.05, 3.63) is 63.6 Å². The van der Waals surface area contributed by atoms with Crippen LogP contribution in [0.2, 0.25) is 5.02 Å². The van der Waals surface area contributed by atoms with Crippen LogP contribution in [0.15, 0.2) is 53.0 Å². The molecule has 0 aromatic heterocycles. The summed E-state index contributed by atoms with van der Waals surface area (Å²) in [6.07, 6.45) is 0. The van der Waals surface area contributed by atoms with Gasteiger partial charge in [0, 0.05) is 16.0 Å². The quantitative estimate of drug-likeness (QED) is 0.887. The summed E-state index contributed by atoms with van der Waals surface area (Å²) in [6, 6.07) is 14.7. The maximum atomic E-state index is 11.7. The van der Waals surface area contributed by atoms with Gasteiger partial charge < -0.3 is 10.1 Å². The van der Waals surface area contributed by atoms with Gasteiger partial charge >= 0.3 is 0 Å². The average molecular weight is 355 g/mol. The summed E-state index contributed by atoms with van der Waals surface area (Å²) < 4.78 is 6.34. The molecule has 0 aliphatic rings. The Morgan fingerprint density at radius 3 is 2.65 bits per heavy atom. The molecule has 0 saturated carbocycles. The van der Waals surface area contributed by atoms with E-state index in [9.17, 15) is 4.79 Å². The van der Waals surface area contributed by atoms with Crippen molar-refractivity contribution < 1.29 is 9.53 Å². The minimum Gasteiger partial charge on any atom is -0.484 e. The SMILES string of the molecule is O=C(COc1ccc(Br)cc1)NCc1cccc(Cl)c1. The van der Waals surface area contributed by atoms with Crippen molar-refractivity contribution in [3.63, 3.8) is 0 Å². The van der Waals surface area contributed by atoms with E-state index in [-0.39, 0.29) is 12.5 Å². The fourth-order valence-electron chi connectivity index (χ4n) is 1.58. The molecule has 0 aliphatic carbocycles. The van der Waals surface area contributed by atoms with E-state index in [1.807, 2.05) is 30.3 Å². The highest BCUT2D eigenvalue weighted by Gasteiger charge is 2.03. The number of hydrogen-bond acceptors (Lipinski definition) is 2. The van der Waals surface area contributed by atoms with Crippen LogP contribution in [0, 0.1) is 0 Å². The van der Waals surface area contributed by atoms with Gasteiger partial charge in [-0.1, -0.05) is 39.7 Å². The smallest absolute Gasteiger partial charge is 0.258 e. The summed E-state index contributed by atoms with van der Waals surface area (Å²) in [5, 5.41) is 3.43. The molecule has 20 heavy (non-hydrogen) atoms. The maximum absolute atomic E-state index is 11.7. The van der Waals surface area contributed by atoms with Crippen molar-refractivity contribution in [1.82, 2.24) is 5.32 Å². The van der Waals surface area contributed by atoms with Gasteiger partial charge in [-0.2, -0.15) is 0 Å². The van der Waals surface area contributed by atoms with E-state index in [4.69, 9.17) is 16.3 Å². The summed E-state index contributed by atoms with van der Waals surface area (Å²) in [4.78, 5) is 11.7. The van der Waals surface area contributed by atoms with E-state index >= 15 is 0 Å². The fraction of sp³-hybridized carbons (Fsp3) is 0.133. The molecule has 0 saturated heterocycles. The monoisotopic (exact) mass is 353 g/mol. The number of carbonyl (C=O) groups excluding carboxylic acids is 1. The lowest BCUT2D eigenvalue weighted by atomic mass is 10.2. The number of amides is 1. The molecule has 1 N–H and O–H groups in total. The van der Waals surface area contributed by atoms with E-state index in [0.717, 1.165) is 10.0 Å². The summed E-state index contributed by atoms with van der Waals surface area (Å²) in [7, 11) is 0. The van der Waals surface area contributed by atoms with Gasteiger partial charge in [-0.25, -0.2) is 0 Å². The number of halogens is 2. The first-order chi connectivity index (χ1) is 9.63. The van der Waals surface area contributed by atoms with Crippen LogP contribution >= 0.6 is 27.5 Å².